The third-order valence-corrected chi connectivity index (χ3v) is 3.98. The Bertz CT molecular complexity index is 513. The van der Waals surface area contributed by atoms with Crippen molar-refractivity contribution in [3.8, 4) is 0 Å². The molecule has 2 unspecified atom stereocenters. The minimum atomic E-state index is 0.199. The highest BCUT2D eigenvalue weighted by atomic mass is 15.2. The Morgan fingerprint density at radius 1 is 1.42 bits per heavy atom. The summed E-state index contributed by atoms with van der Waals surface area (Å²) in [5, 5.41) is 0. The molecule has 1 saturated heterocycles. The van der Waals surface area contributed by atoms with E-state index in [-0.39, 0.29) is 12.1 Å². The second kappa shape index (κ2) is 5.31. The number of imidazole rings is 1. The zero-order valence-electron chi connectivity index (χ0n) is 11.5. The number of piperidine rings is 1. The van der Waals surface area contributed by atoms with Gasteiger partial charge in [-0.3, -0.25) is 4.90 Å². The second-order valence-corrected chi connectivity index (χ2v) is 5.42. The lowest BCUT2D eigenvalue weighted by atomic mass is 9.94. The summed E-state index contributed by atoms with van der Waals surface area (Å²) in [5.41, 5.74) is 8.49. The first-order chi connectivity index (χ1) is 9.29. The van der Waals surface area contributed by atoms with Crippen molar-refractivity contribution in [2.75, 3.05) is 13.1 Å². The molecular formula is C15H22N4. The van der Waals surface area contributed by atoms with Crippen LogP contribution < -0.4 is 5.73 Å². The van der Waals surface area contributed by atoms with Crippen LogP contribution in [0.25, 0.3) is 5.65 Å². The average molecular weight is 258 g/mol. The molecule has 2 aromatic heterocycles. The van der Waals surface area contributed by atoms with Gasteiger partial charge in [0.25, 0.3) is 0 Å². The molecule has 1 aliphatic rings. The first-order valence-electron chi connectivity index (χ1n) is 7.23. The van der Waals surface area contributed by atoms with E-state index in [0.29, 0.717) is 0 Å². The Morgan fingerprint density at radius 3 is 3.11 bits per heavy atom. The molecular weight excluding hydrogens is 236 g/mol. The van der Waals surface area contributed by atoms with Crippen LogP contribution >= 0.6 is 0 Å². The third-order valence-electron chi connectivity index (χ3n) is 3.98. The van der Waals surface area contributed by atoms with E-state index in [4.69, 9.17) is 10.7 Å². The summed E-state index contributed by atoms with van der Waals surface area (Å²) in [6.45, 7) is 4.47. The molecule has 0 aliphatic carbocycles. The Balaban J connectivity index is 1.96. The molecule has 3 heterocycles. The zero-order chi connectivity index (χ0) is 13.2. The fourth-order valence-corrected chi connectivity index (χ4v) is 3.14. The zero-order valence-corrected chi connectivity index (χ0v) is 11.5. The predicted molar refractivity (Wildman–Crippen MR) is 77.0 cm³/mol. The first-order valence-corrected chi connectivity index (χ1v) is 7.23. The summed E-state index contributed by atoms with van der Waals surface area (Å²) < 4.78 is 2.08. The summed E-state index contributed by atoms with van der Waals surface area (Å²) in [7, 11) is 0. The van der Waals surface area contributed by atoms with Gasteiger partial charge >= 0.3 is 0 Å². The number of rotatable bonds is 3. The van der Waals surface area contributed by atoms with Crippen LogP contribution in [0.15, 0.2) is 30.6 Å². The van der Waals surface area contributed by atoms with E-state index in [0.717, 1.165) is 37.3 Å². The molecule has 4 heteroatoms. The molecule has 2 aromatic rings. The van der Waals surface area contributed by atoms with E-state index in [1.54, 1.807) is 0 Å². The molecule has 4 nitrogen and oxygen atoms in total. The molecule has 1 fully saturated rings. The van der Waals surface area contributed by atoms with E-state index in [1.165, 1.54) is 6.42 Å². The highest BCUT2D eigenvalue weighted by Gasteiger charge is 2.31. The lowest BCUT2D eigenvalue weighted by molar-refractivity contribution is 0.126. The summed E-state index contributed by atoms with van der Waals surface area (Å²) in [6.07, 6.45) is 7.64. The number of likely N-dealkylation sites (tertiary alicyclic amines) is 1. The van der Waals surface area contributed by atoms with E-state index in [1.807, 2.05) is 24.4 Å². The maximum absolute atomic E-state index is 6.36. The number of pyridine rings is 1. The molecule has 3 rings (SSSR count). The van der Waals surface area contributed by atoms with Gasteiger partial charge in [-0.05, 0) is 44.5 Å². The van der Waals surface area contributed by atoms with Crippen LogP contribution in [0.5, 0.6) is 0 Å². The van der Waals surface area contributed by atoms with E-state index >= 15 is 0 Å². The molecule has 0 aromatic carbocycles. The first kappa shape index (κ1) is 12.6. The number of aromatic nitrogens is 2. The van der Waals surface area contributed by atoms with Crippen molar-refractivity contribution in [2.24, 2.45) is 5.73 Å². The number of hydrogen-bond donors (Lipinski definition) is 1. The van der Waals surface area contributed by atoms with Crippen LogP contribution in [-0.4, -0.2) is 33.4 Å². The molecule has 2 atom stereocenters. The van der Waals surface area contributed by atoms with Gasteiger partial charge in [0.05, 0.1) is 11.7 Å². The lowest BCUT2D eigenvalue weighted by Crippen LogP contribution is -2.46. The van der Waals surface area contributed by atoms with Gasteiger partial charge in [-0.25, -0.2) is 4.98 Å². The smallest absolute Gasteiger partial charge is 0.137 e. The fourth-order valence-electron chi connectivity index (χ4n) is 3.14. The minimum Gasteiger partial charge on any atom is -0.326 e. The number of nitrogens with zero attached hydrogens (tertiary/aromatic N) is 3. The van der Waals surface area contributed by atoms with Crippen LogP contribution in [-0.2, 0) is 0 Å². The molecule has 0 bridgehead atoms. The Hall–Kier alpha value is -1.39. The van der Waals surface area contributed by atoms with Gasteiger partial charge in [-0.1, -0.05) is 13.0 Å². The van der Waals surface area contributed by atoms with E-state index < -0.39 is 0 Å². The van der Waals surface area contributed by atoms with Crippen LogP contribution in [0.2, 0.25) is 0 Å². The quantitative estimate of drug-likeness (QED) is 0.918. The summed E-state index contributed by atoms with van der Waals surface area (Å²) in [6, 6.07) is 6.57. The fraction of sp³-hybridized carbons (Fsp3) is 0.533. The van der Waals surface area contributed by atoms with Gasteiger partial charge in [0.2, 0.25) is 0 Å². The SMILES string of the molecule is CCCN1CCCC(N)C1c1cn2ccccc2n1. The third kappa shape index (κ3) is 2.38. The van der Waals surface area contributed by atoms with Crippen molar-refractivity contribution >= 4 is 5.65 Å². The van der Waals surface area contributed by atoms with Crippen molar-refractivity contribution in [1.29, 1.82) is 0 Å². The topological polar surface area (TPSA) is 46.6 Å². The van der Waals surface area contributed by atoms with Crippen molar-refractivity contribution in [2.45, 2.75) is 38.3 Å². The van der Waals surface area contributed by atoms with Gasteiger partial charge in [0.1, 0.15) is 5.65 Å². The maximum Gasteiger partial charge on any atom is 0.137 e. The van der Waals surface area contributed by atoms with Gasteiger partial charge in [-0.2, -0.15) is 0 Å². The summed E-state index contributed by atoms with van der Waals surface area (Å²) in [4.78, 5) is 7.26. The standard InChI is InChI=1S/C15H22N4/c1-2-8-18-10-5-6-12(16)15(18)13-11-19-9-4-3-7-14(19)17-13/h3-4,7,9,11-12,15H,2,5-6,8,10,16H2,1H3. The summed E-state index contributed by atoms with van der Waals surface area (Å²) >= 11 is 0. The van der Waals surface area contributed by atoms with Crippen LogP contribution in [0.4, 0.5) is 0 Å². The average Bonchev–Trinajstić information content (AvgIpc) is 2.82. The van der Waals surface area contributed by atoms with Gasteiger partial charge in [0, 0.05) is 18.4 Å². The molecule has 2 N–H and O–H groups in total. The van der Waals surface area contributed by atoms with Crippen molar-refractivity contribution in [3.05, 3.63) is 36.3 Å². The molecule has 102 valence electrons. The highest BCUT2D eigenvalue weighted by molar-refractivity contribution is 5.40. The Morgan fingerprint density at radius 2 is 2.32 bits per heavy atom. The minimum absolute atomic E-state index is 0.199. The number of nitrogens with two attached hydrogens (primary N) is 1. The Labute approximate surface area is 114 Å². The molecule has 19 heavy (non-hydrogen) atoms. The molecule has 1 aliphatic heterocycles. The van der Waals surface area contributed by atoms with Crippen molar-refractivity contribution < 1.29 is 0 Å². The largest absolute Gasteiger partial charge is 0.326 e. The molecule has 0 amide bonds. The van der Waals surface area contributed by atoms with Crippen LogP contribution in [0.1, 0.15) is 37.9 Å². The van der Waals surface area contributed by atoms with Crippen LogP contribution in [0, 0.1) is 0 Å². The van der Waals surface area contributed by atoms with Crippen LogP contribution in [0.3, 0.4) is 0 Å². The monoisotopic (exact) mass is 258 g/mol. The predicted octanol–water partition coefficient (Wildman–Crippen LogP) is 2.21. The van der Waals surface area contributed by atoms with E-state index in [9.17, 15) is 0 Å². The highest BCUT2D eigenvalue weighted by Crippen LogP contribution is 2.29. The Kier molecular flexibility index (Phi) is 3.53. The van der Waals surface area contributed by atoms with Crippen molar-refractivity contribution in [1.82, 2.24) is 14.3 Å². The lowest BCUT2D eigenvalue weighted by Gasteiger charge is -2.38. The van der Waals surface area contributed by atoms with Gasteiger partial charge in [0.15, 0.2) is 0 Å². The van der Waals surface area contributed by atoms with E-state index in [2.05, 4.69) is 22.4 Å². The number of fused-ring (bicyclic) bond motifs is 1. The normalized spacial score (nSPS) is 24.9. The van der Waals surface area contributed by atoms with Crippen molar-refractivity contribution in [3.63, 3.8) is 0 Å². The summed E-state index contributed by atoms with van der Waals surface area (Å²) in [5.74, 6) is 0. The molecule has 0 saturated carbocycles. The van der Waals surface area contributed by atoms with Gasteiger partial charge in [-0.15, -0.1) is 0 Å². The molecule has 0 radical (unpaired) electrons. The molecule has 0 spiro atoms. The number of hydrogen-bond acceptors (Lipinski definition) is 3. The second-order valence-electron chi connectivity index (χ2n) is 5.42. The van der Waals surface area contributed by atoms with Gasteiger partial charge < -0.3 is 10.1 Å². The maximum atomic E-state index is 6.36.